The number of rotatable bonds is 5. The lowest BCUT2D eigenvalue weighted by atomic mass is 9.78. The van der Waals surface area contributed by atoms with E-state index in [-0.39, 0.29) is 5.41 Å². The second kappa shape index (κ2) is 8.17. The fraction of sp³-hybridized carbons (Fsp3) is 0.609. The van der Waals surface area contributed by atoms with Gasteiger partial charge in [-0.3, -0.25) is 4.67 Å². The van der Waals surface area contributed by atoms with E-state index in [2.05, 4.69) is 72.4 Å². The third-order valence-electron chi connectivity index (χ3n) is 6.44. The molecule has 158 valence electrons. The van der Waals surface area contributed by atoms with Crippen LogP contribution in [0.25, 0.3) is 0 Å². The quantitative estimate of drug-likeness (QED) is 0.532. The molecular formula is C23H35N4PS. The van der Waals surface area contributed by atoms with Crippen LogP contribution in [0, 0.1) is 5.41 Å². The van der Waals surface area contributed by atoms with Crippen LogP contribution in [0.15, 0.2) is 46.4 Å². The molecular weight excluding hydrogens is 395 g/mol. The molecule has 6 heteroatoms. The molecule has 0 radical (unpaired) electrons. The highest BCUT2D eigenvalue weighted by atomic mass is 32.4. The van der Waals surface area contributed by atoms with Crippen molar-refractivity contribution in [2.45, 2.75) is 59.8 Å². The first-order chi connectivity index (χ1) is 13.9. The van der Waals surface area contributed by atoms with Gasteiger partial charge in [0.25, 0.3) is 0 Å². The van der Waals surface area contributed by atoms with Crippen LogP contribution in [0.3, 0.4) is 0 Å². The second-order valence-electron chi connectivity index (χ2n) is 9.22. The molecule has 3 aliphatic rings. The topological polar surface area (TPSA) is 22.1 Å². The third kappa shape index (κ3) is 3.71. The molecule has 29 heavy (non-hydrogen) atoms. The minimum Gasteiger partial charge on any atom is -0.374 e. The zero-order valence-corrected chi connectivity index (χ0v) is 20.1. The zero-order chi connectivity index (χ0) is 20.6. The van der Waals surface area contributed by atoms with E-state index in [1.54, 1.807) is 0 Å². The van der Waals surface area contributed by atoms with E-state index in [4.69, 9.17) is 16.9 Å². The molecule has 4 rings (SSSR count). The number of hydrogen-bond acceptors (Lipinski definition) is 3. The number of nitrogens with zero attached hydrogens (tertiary/aromatic N) is 4. The standard InChI is InChI=1S/C23H35N4PS/c1-5-26(6-2)28(29)22-20(24-27(28)19-13-9-7-10-14-19)17-23(3,4)18-21(22)25-15-11-8-12-16-25/h7,9-10,13-14H,5-6,8,11-12,15-18H2,1-4H3. The van der Waals surface area contributed by atoms with E-state index in [9.17, 15) is 0 Å². The molecule has 1 saturated heterocycles. The number of benzene rings is 1. The smallest absolute Gasteiger partial charge is 0.154 e. The van der Waals surface area contributed by atoms with Crippen LogP contribution in [0.5, 0.6) is 0 Å². The molecule has 2 heterocycles. The van der Waals surface area contributed by atoms with Gasteiger partial charge < -0.3 is 4.90 Å². The summed E-state index contributed by atoms with van der Waals surface area (Å²) >= 11 is 6.67. The summed E-state index contributed by atoms with van der Waals surface area (Å²) in [6.07, 6.45) is 3.88. The summed E-state index contributed by atoms with van der Waals surface area (Å²) in [5, 5.41) is 6.68. The Hall–Kier alpha value is -1.16. The van der Waals surface area contributed by atoms with Gasteiger partial charge in [-0.05, 0) is 49.7 Å². The zero-order valence-electron chi connectivity index (χ0n) is 18.4. The fourth-order valence-electron chi connectivity index (χ4n) is 5.06. The maximum atomic E-state index is 6.67. The Balaban J connectivity index is 1.92. The van der Waals surface area contributed by atoms with Gasteiger partial charge in [0.1, 0.15) is 0 Å². The Labute approximate surface area is 181 Å². The van der Waals surface area contributed by atoms with Gasteiger partial charge in [0.05, 0.1) is 16.7 Å². The van der Waals surface area contributed by atoms with Gasteiger partial charge >= 0.3 is 0 Å². The molecule has 2 aliphatic heterocycles. The Kier molecular flexibility index (Phi) is 5.94. The summed E-state index contributed by atoms with van der Waals surface area (Å²) in [5.74, 6) is 0. The van der Waals surface area contributed by atoms with Crippen molar-refractivity contribution >= 4 is 29.5 Å². The van der Waals surface area contributed by atoms with E-state index in [1.165, 1.54) is 49.1 Å². The van der Waals surface area contributed by atoms with Crippen molar-refractivity contribution in [1.29, 1.82) is 0 Å². The molecule has 1 aromatic rings. The summed E-state index contributed by atoms with van der Waals surface area (Å²) in [6.45, 7) is 13.5. The van der Waals surface area contributed by atoms with E-state index >= 15 is 0 Å². The lowest BCUT2D eigenvalue weighted by Crippen LogP contribution is -2.37. The van der Waals surface area contributed by atoms with Crippen LogP contribution >= 0.6 is 6.34 Å². The van der Waals surface area contributed by atoms with Gasteiger partial charge in [0, 0.05) is 31.9 Å². The first kappa shape index (κ1) is 21.1. The van der Waals surface area contributed by atoms with Crippen LogP contribution in [-0.4, -0.2) is 41.5 Å². The highest BCUT2D eigenvalue weighted by molar-refractivity contribution is 8.16. The van der Waals surface area contributed by atoms with Gasteiger partial charge in [-0.25, -0.2) is 4.78 Å². The molecule has 0 amide bonds. The van der Waals surface area contributed by atoms with Crippen LogP contribution < -0.4 is 4.78 Å². The van der Waals surface area contributed by atoms with Gasteiger partial charge in [-0.15, -0.1) is 0 Å². The summed E-state index contributed by atoms with van der Waals surface area (Å²) in [4.78, 5) is 2.66. The van der Waals surface area contributed by atoms with Crippen LogP contribution in [0.2, 0.25) is 0 Å². The number of para-hydroxylation sites is 1. The van der Waals surface area contributed by atoms with E-state index < -0.39 is 6.34 Å². The molecule has 0 bridgehead atoms. The molecule has 1 unspecified atom stereocenters. The maximum Gasteiger partial charge on any atom is 0.154 e. The summed E-state index contributed by atoms with van der Waals surface area (Å²) in [6, 6.07) is 10.6. The number of likely N-dealkylation sites (tertiary alicyclic amines) is 1. The van der Waals surface area contributed by atoms with Gasteiger partial charge in [-0.2, -0.15) is 5.10 Å². The van der Waals surface area contributed by atoms with Crippen LogP contribution in [-0.2, 0) is 11.8 Å². The lowest BCUT2D eigenvalue weighted by molar-refractivity contribution is 0.240. The van der Waals surface area contributed by atoms with Crippen molar-refractivity contribution in [2.24, 2.45) is 10.5 Å². The molecule has 1 aliphatic carbocycles. The average Bonchev–Trinajstić information content (AvgIpc) is 3.01. The first-order valence-corrected chi connectivity index (χ1v) is 13.9. The molecule has 0 spiro atoms. The molecule has 0 saturated carbocycles. The highest BCUT2D eigenvalue weighted by Gasteiger charge is 2.49. The third-order valence-corrected chi connectivity index (χ3v) is 11.4. The monoisotopic (exact) mass is 430 g/mol. The predicted octanol–water partition coefficient (Wildman–Crippen LogP) is 6.03. The fourth-order valence-corrected chi connectivity index (χ4v) is 9.95. The Bertz CT molecular complexity index is 851. The normalized spacial score (nSPS) is 26.7. The summed E-state index contributed by atoms with van der Waals surface area (Å²) < 4.78 is 4.76. The second-order valence-corrected chi connectivity index (χ2v) is 13.2. The summed E-state index contributed by atoms with van der Waals surface area (Å²) in [5.41, 5.74) is 4.12. The average molecular weight is 431 g/mol. The van der Waals surface area contributed by atoms with Crippen molar-refractivity contribution in [1.82, 2.24) is 9.57 Å². The van der Waals surface area contributed by atoms with Gasteiger partial charge in [-0.1, -0.05) is 57.7 Å². The molecule has 1 atom stereocenters. The SMILES string of the molecule is CCN(CC)P1(=S)C2=C(N3CCCCC3)CC(C)(C)CC2=NN1c1ccccc1. The number of allylic oxidation sites excluding steroid dienone is 2. The van der Waals surface area contributed by atoms with Gasteiger partial charge in [0.15, 0.2) is 6.34 Å². The van der Waals surface area contributed by atoms with Crippen molar-refractivity contribution in [2.75, 3.05) is 31.0 Å². The molecule has 1 aromatic carbocycles. The first-order valence-electron chi connectivity index (χ1n) is 11.2. The van der Waals surface area contributed by atoms with E-state index in [1.807, 2.05) is 0 Å². The largest absolute Gasteiger partial charge is 0.374 e. The van der Waals surface area contributed by atoms with Crippen molar-refractivity contribution in [3.63, 3.8) is 0 Å². The number of anilines is 1. The van der Waals surface area contributed by atoms with Crippen molar-refractivity contribution < 1.29 is 0 Å². The lowest BCUT2D eigenvalue weighted by Gasteiger charge is -2.44. The maximum absolute atomic E-state index is 6.67. The van der Waals surface area contributed by atoms with Crippen LogP contribution in [0.4, 0.5) is 5.69 Å². The number of hydrazone groups is 1. The van der Waals surface area contributed by atoms with E-state index in [0.29, 0.717) is 0 Å². The van der Waals surface area contributed by atoms with Crippen molar-refractivity contribution in [3.8, 4) is 0 Å². The Morgan fingerprint density at radius 1 is 1.03 bits per heavy atom. The molecule has 1 fully saturated rings. The summed E-state index contributed by atoms with van der Waals surface area (Å²) in [7, 11) is 0. The molecule has 4 nitrogen and oxygen atoms in total. The highest BCUT2D eigenvalue weighted by Crippen LogP contribution is 2.69. The minimum atomic E-state index is -2.19. The van der Waals surface area contributed by atoms with Gasteiger partial charge in [0.2, 0.25) is 0 Å². The minimum absolute atomic E-state index is 0.227. The molecule has 0 N–H and O–H groups in total. The predicted molar refractivity (Wildman–Crippen MR) is 129 cm³/mol. The molecule has 0 aromatic heterocycles. The number of hydrogen-bond donors (Lipinski definition) is 0. The van der Waals surface area contributed by atoms with Crippen molar-refractivity contribution in [3.05, 3.63) is 41.3 Å². The van der Waals surface area contributed by atoms with E-state index in [0.717, 1.165) is 31.6 Å². The number of piperidine rings is 1. The number of fused-ring (bicyclic) bond motifs is 1. The Morgan fingerprint density at radius 3 is 2.31 bits per heavy atom. The van der Waals surface area contributed by atoms with Crippen LogP contribution in [0.1, 0.15) is 59.8 Å². The Morgan fingerprint density at radius 2 is 1.69 bits per heavy atom.